The molecule has 5 fully saturated rings. The number of carbonyl (C=O) groups excluding carboxylic acids is 2. The molecule has 6 heteroatoms. The molecule has 1 saturated carbocycles. The van der Waals surface area contributed by atoms with Crippen LogP contribution in [-0.2, 0) is 28.8 Å². The second kappa shape index (κ2) is 6.26. The van der Waals surface area contributed by atoms with Crippen molar-refractivity contribution in [3.63, 3.8) is 0 Å². The molecule has 0 amide bonds. The van der Waals surface area contributed by atoms with Gasteiger partial charge in [0.1, 0.15) is 5.78 Å². The highest BCUT2D eigenvalue weighted by Crippen LogP contribution is 2.60. The molecular weight excluding hydrogens is 348 g/mol. The summed E-state index contributed by atoms with van der Waals surface area (Å²) in [5, 5.41) is 0. The van der Waals surface area contributed by atoms with Crippen molar-refractivity contribution in [1.82, 2.24) is 0 Å². The summed E-state index contributed by atoms with van der Waals surface area (Å²) in [5.74, 6) is -0.680. The van der Waals surface area contributed by atoms with Gasteiger partial charge < -0.3 is 9.47 Å². The smallest absolute Gasteiger partial charge is 0.311 e. The topological polar surface area (TPSA) is 71.1 Å². The van der Waals surface area contributed by atoms with Gasteiger partial charge in [0.2, 0.25) is 12.1 Å². The molecule has 5 aliphatic rings. The van der Waals surface area contributed by atoms with E-state index in [9.17, 15) is 9.59 Å². The zero-order valence-corrected chi connectivity index (χ0v) is 17.1. The molecule has 0 aromatic carbocycles. The van der Waals surface area contributed by atoms with Crippen molar-refractivity contribution in [1.29, 1.82) is 0 Å². The lowest BCUT2D eigenvalue weighted by Gasteiger charge is -2.58. The van der Waals surface area contributed by atoms with E-state index in [0.29, 0.717) is 18.8 Å². The summed E-state index contributed by atoms with van der Waals surface area (Å²) in [6, 6.07) is 0. The maximum Gasteiger partial charge on any atom is 0.311 e. The fourth-order valence-corrected chi connectivity index (χ4v) is 5.60. The van der Waals surface area contributed by atoms with Gasteiger partial charge in [-0.05, 0) is 38.5 Å². The highest BCUT2D eigenvalue weighted by molar-refractivity contribution is 5.84. The summed E-state index contributed by atoms with van der Waals surface area (Å²) >= 11 is 0. The van der Waals surface area contributed by atoms with E-state index in [4.69, 9.17) is 19.2 Å². The van der Waals surface area contributed by atoms with Crippen LogP contribution in [0.25, 0.3) is 0 Å². The Morgan fingerprint density at radius 1 is 1.15 bits per heavy atom. The largest absolute Gasteiger partial charge is 0.432 e. The van der Waals surface area contributed by atoms with E-state index in [0.717, 1.165) is 25.7 Å². The molecule has 1 aliphatic carbocycles. The van der Waals surface area contributed by atoms with E-state index in [1.165, 1.54) is 0 Å². The first-order chi connectivity index (χ1) is 12.6. The molecule has 6 nitrogen and oxygen atoms in total. The van der Waals surface area contributed by atoms with E-state index in [1.807, 2.05) is 27.7 Å². The molecule has 0 aromatic rings. The molecule has 4 heterocycles. The Labute approximate surface area is 161 Å². The Balaban J connectivity index is 1.64. The molecule has 5 rings (SSSR count). The average Bonchev–Trinajstić information content (AvgIpc) is 2.80. The highest BCUT2D eigenvalue weighted by Gasteiger charge is 2.70. The van der Waals surface area contributed by atoms with E-state index < -0.39 is 23.1 Å². The maximum atomic E-state index is 12.9. The van der Waals surface area contributed by atoms with Crippen molar-refractivity contribution in [3.8, 4) is 0 Å². The zero-order chi connectivity index (χ0) is 19.6. The number of fused-ring (bicyclic) bond motifs is 2. The molecule has 0 unspecified atom stereocenters. The Bertz CT molecular complexity index is 639. The van der Waals surface area contributed by atoms with Crippen LogP contribution in [0.4, 0.5) is 0 Å². The van der Waals surface area contributed by atoms with Crippen LogP contribution in [0.5, 0.6) is 0 Å². The summed E-state index contributed by atoms with van der Waals surface area (Å²) in [5.41, 5.74) is -1.16. The van der Waals surface area contributed by atoms with Gasteiger partial charge in [-0.15, -0.1) is 0 Å². The molecule has 1 spiro atoms. The summed E-state index contributed by atoms with van der Waals surface area (Å²) < 4.78 is 11.9. The molecule has 4 aliphatic heterocycles. The van der Waals surface area contributed by atoms with Crippen LogP contribution in [-0.4, -0.2) is 29.4 Å². The predicted octanol–water partition coefficient (Wildman–Crippen LogP) is 3.77. The van der Waals surface area contributed by atoms with Gasteiger partial charge in [-0.1, -0.05) is 27.7 Å². The minimum Gasteiger partial charge on any atom is -0.432 e. The number of Topliss-reactive ketones (excluding diaryl/α,β-unsaturated/α-hetero) is 1. The number of esters is 1. The number of rotatable bonds is 3. The van der Waals surface area contributed by atoms with Gasteiger partial charge >= 0.3 is 5.97 Å². The Kier molecular flexibility index (Phi) is 4.48. The molecule has 4 saturated heterocycles. The summed E-state index contributed by atoms with van der Waals surface area (Å²) in [6.07, 6.45) is 3.70. The standard InChI is InChI=1S/C21H32O6/c1-12-6-8-15-13(7-9-16(22)19(2,3)4)17(23)24-18-21(15)14(12)10-11-20(5,25-18)26-27-21/h12-15,18H,6-11H2,1-5H3/t12-,13-,14+,15+,18-,20+,21-/m1/s1. The average molecular weight is 380 g/mol. The number of hydrogen-bond donors (Lipinski definition) is 0. The fraction of sp³-hybridized carbons (Fsp3) is 0.905. The van der Waals surface area contributed by atoms with E-state index >= 15 is 0 Å². The molecule has 2 bridgehead atoms. The number of ether oxygens (including phenoxy) is 2. The Morgan fingerprint density at radius 2 is 1.89 bits per heavy atom. The van der Waals surface area contributed by atoms with Gasteiger partial charge in [0.15, 0.2) is 5.60 Å². The Hall–Kier alpha value is -0.980. The third kappa shape index (κ3) is 2.95. The van der Waals surface area contributed by atoms with Crippen LogP contribution in [0.2, 0.25) is 0 Å². The SMILES string of the molecule is C[C@@H]1CC[C@H]2[C@@H](CCC(=O)C(C)(C)C)C(=O)O[C@@H]3O[C@]4(C)CC[C@@H]1[C@]32OO4. The number of ketones is 1. The molecule has 0 N–H and O–H groups in total. The van der Waals surface area contributed by atoms with E-state index in [-0.39, 0.29) is 29.5 Å². The minimum absolute atomic E-state index is 0.0413. The van der Waals surface area contributed by atoms with Gasteiger partial charge in [0, 0.05) is 30.1 Å². The minimum atomic E-state index is -0.868. The lowest BCUT2D eigenvalue weighted by atomic mass is 9.57. The van der Waals surface area contributed by atoms with Crippen molar-refractivity contribution < 1.29 is 28.8 Å². The normalized spacial score (nSPS) is 46.4. The molecule has 152 valence electrons. The van der Waals surface area contributed by atoms with Crippen molar-refractivity contribution in [3.05, 3.63) is 0 Å². The second-order valence-corrected chi connectivity index (χ2v) is 10.2. The lowest BCUT2D eigenvalue weighted by molar-refractivity contribution is -0.559. The zero-order valence-electron chi connectivity index (χ0n) is 17.1. The number of carbonyl (C=O) groups is 2. The Morgan fingerprint density at radius 3 is 2.59 bits per heavy atom. The molecule has 27 heavy (non-hydrogen) atoms. The van der Waals surface area contributed by atoms with Gasteiger partial charge in [0.05, 0.1) is 5.92 Å². The molecule has 0 radical (unpaired) electrons. The fourth-order valence-electron chi connectivity index (χ4n) is 5.60. The first kappa shape index (κ1) is 19.3. The lowest BCUT2D eigenvalue weighted by Crippen LogP contribution is -2.70. The van der Waals surface area contributed by atoms with Gasteiger partial charge in [-0.3, -0.25) is 9.59 Å². The summed E-state index contributed by atoms with van der Waals surface area (Å²) in [4.78, 5) is 37.1. The van der Waals surface area contributed by atoms with E-state index in [2.05, 4.69) is 6.92 Å². The van der Waals surface area contributed by atoms with Crippen molar-refractivity contribution >= 4 is 11.8 Å². The third-order valence-electron chi connectivity index (χ3n) is 7.31. The van der Waals surface area contributed by atoms with Crippen molar-refractivity contribution in [2.75, 3.05) is 0 Å². The molecule has 0 aromatic heterocycles. The molecular formula is C21H32O6. The maximum absolute atomic E-state index is 12.9. The summed E-state index contributed by atoms with van der Waals surface area (Å²) in [6.45, 7) is 9.84. The van der Waals surface area contributed by atoms with E-state index in [1.54, 1.807) is 0 Å². The van der Waals surface area contributed by atoms with Gasteiger partial charge in [-0.25, -0.2) is 9.78 Å². The monoisotopic (exact) mass is 380 g/mol. The molecule has 7 atom stereocenters. The van der Waals surface area contributed by atoms with Crippen LogP contribution in [0.15, 0.2) is 0 Å². The quantitative estimate of drug-likeness (QED) is 0.548. The van der Waals surface area contributed by atoms with Gasteiger partial charge in [-0.2, -0.15) is 0 Å². The van der Waals surface area contributed by atoms with Crippen LogP contribution in [0.3, 0.4) is 0 Å². The van der Waals surface area contributed by atoms with Crippen molar-refractivity contribution in [2.24, 2.45) is 29.1 Å². The van der Waals surface area contributed by atoms with Crippen molar-refractivity contribution in [2.45, 2.75) is 90.8 Å². The number of hydrogen-bond acceptors (Lipinski definition) is 6. The predicted molar refractivity (Wildman–Crippen MR) is 96.1 cm³/mol. The van der Waals surface area contributed by atoms with Crippen LogP contribution < -0.4 is 0 Å². The summed E-state index contributed by atoms with van der Waals surface area (Å²) in [7, 11) is 0. The van der Waals surface area contributed by atoms with Crippen LogP contribution in [0, 0.1) is 29.1 Å². The first-order valence-corrected chi connectivity index (χ1v) is 10.4. The van der Waals surface area contributed by atoms with Gasteiger partial charge in [0.25, 0.3) is 0 Å². The first-order valence-electron chi connectivity index (χ1n) is 10.4. The highest BCUT2D eigenvalue weighted by atomic mass is 17.3. The van der Waals surface area contributed by atoms with Crippen LogP contribution in [0.1, 0.15) is 73.1 Å². The third-order valence-corrected chi connectivity index (χ3v) is 7.31. The second-order valence-electron chi connectivity index (χ2n) is 10.2. The van der Waals surface area contributed by atoms with Crippen LogP contribution >= 0.6 is 0 Å².